The molecule has 0 saturated carbocycles. The van der Waals surface area contributed by atoms with Gasteiger partial charge in [-0.15, -0.1) is 0 Å². The molecule has 1 aliphatic rings. The Balaban J connectivity index is 2.38. The third-order valence-corrected chi connectivity index (χ3v) is 2.95. The minimum Gasteiger partial charge on any atom is -0.377 e. The highest BCUT2D eigenvalue weighted by molar-refractivity contribution is 5.33. The molecule has 2 rings (SSSR count). The van der Waals surface area contributed by atoms with E-state index in [4.69, 9.17) is 9.47 Å². The molecule has 0 fully saturated rings. The SMILES string of the molecule is COC1CCC(OC)c2ccccc21. The highest BCUT2D eigenvalue weighted by Gasteiger charge is 2.26. The van der Waals surface area contributed by atoms with Gasteiger partial charge in [-0.3, -0.25) is 0 Å². The summed E-state index contributed by atoms with van der Waals surface area (Å²) < 4.78 is 10.9. The zero-order chi connectivity index (χ0) is 9.97. The van der Waals surface area contributed by atoms with Crippen molar-refractivity contribution >= 4 is 0 Å². The van der Waals surface area contributed by atoms with Gasteiger partial charge in [-0.25, -0.2) is 0 Å². The highest BCUT2D eigenvalue weighted by Crippen LogP contribution is 2.38. The third-order valence-electron chi connectivity index (χ3n) is 2.95. The molecule has 1 aromatic rings. The lowest BCUT2D eigenvalue weighted by atomic mass is 9.87. The van der Waals surface area contributed by atoms with Gasteiger partial charge in [0.2, 0.25) is 0 Å². The van der Waals surface area contributed by atoms with Gasteiger partial charge < -0.3 is 9.47 Å². The molecular weight excluding hydrogens is 176 g/mol. The highest BCUT2D eigenvalue weighted by atomic mass is 16.5. The Bertz CT molecular complexity index is 278. The van der Waals surface area contributed by atoms with Crippen molar-refractivity contribution in [1.82, 2.24) is 0 Å². The number of rotatable bonds is 2. The predicted molar refractivity (Wildman–Crippen MR) is 55.2 cm³/mol. The standard InChI is InChI=1S/C12H16O2/c1-13-11-7-8-12(14-2)10-6-4-3-5-9(10)11/h3-6,11-12H,7-8H2,1-2H3. The first-order valence-electron chi connectivity index (χ1n) is 5.01. The lowest BCUT2D eigenvalue weighted by Crippen LogP contribution is -2.16. The molecule has 0 radical (unpaired) electrons. The van der Waals surface area contributed by atoms with E-state index in [-0.39, 0.29) is 12.2 Å². The van der Waals surface area contributed by atoms with Crippen molar-refractivity contribution in [2.45, 2.75) is 25.0 Å². The summed E-state index contributed by atoms with van der Waals surface area (Å²) in [6.45, 7) is 0. The summed E-state index contributed by atoms with van der Waals surface area (Å²) >= 11 is 0. The topological polar surface area (TPSA) is 18.5 Å². The van der Waals surface area contributed by atoms with Crippen molar-refractivity contribution in [3.63, 3.8) is 0 Å². The van der Waals surface area contributed by atoms with E-state index in [0.717, 1.165) is 12.8 Å². The molecule has 76 valence electrons. The fourth-order valence-corrected chi connectivity index (χ4v) is 2.20. The quantitative estimate of drug-likeness (QED) is 0.717. The van der Waals surface area contributed by atoms with Crippen LogP contribution in [0.3, 0.4) is 0 Å². The maximum absolute atomic E-state index is 5.45. The number of hydrogen-bond acceptors (Lipinski definition) is 2. The normalized spacial score (nSPS) is 25.9. The summed E-state index contributed by atoms with van der Waals surface area (Å²) in [7, 11) is 3.54. The van der Waals surface area contributed by atoms with E-state index >= 15 is 0 Å². The Labute approximate surface area is 84.8 Å². The molecule has 2 atom stereocenters. The minimum atomic E-state index is 0.248. The molecule has 0 heterocycles. The Kier molecular flexibility index (Phi) is 2.85. The van der Waals surface area contributed by atoms with E-state index in [2.05, 4.69) is 24.3 Å². The molecule has 1 aliphatic carbocycles. The van der Waals surface area contributed by atoms with Crippen LogP contribution in [0.25, 0.3) is 0 Å². The summed E-state index contributed by atoms with van der Waals surface area (Å²) in [4.78, 5) is 0. The Morgan fingerprint density at radius 2 is 1.36 bits per heavy atom. The van der Waals surface area contributed by atoms with Crippen LogP contribution in [-0.2, 0) is 9.47 Å². The molecule has 0 amide bonds. The largest absolute Gasteiger partial charge is 0.377 e. The zero-order valence-electron chi connectivity index (χ0n) is 8.69. The second-order valence-electron chi connectivity index (χ2n) is 3.65. The van der Waals surface area contributed by atoms with Gasteiger partial charge in [-0.2, -0.15) is 0 Å². The van der Waals surface area contributed by atoms with Crippen LogP contribution in [0.4, 0.5) is 0 Å². The van der Waals surface area contributed by atoms with Crippen molar-refractivity contribution in [1.29, 1.82) is 0 Å². The van der Waals surface area contributed by atoms with Crippen LogP contribution in [0.2, 0.25) is 0 Å². The van der Waals surface area contributed by atoms with Crippen molar-refractivity contribution in [3.8, 4) is 0 Å². The Hall–Kier alpha value is -0.860. The molecule has 2 heteroatoms. The van der Waals surface area contributed by atoms with E-state index in [0.29, 0.717) is 0 Å². The number of hydrogen-bond donors (Lipinski definition) is 0. The summed E-state index contributed by atoms with van der Waals surface area (Å²) in [6.07, 6.45) is 2.59. The average Bonchev–Trinajstić information content (AvgIpc) is 2.27. The number of fused-ring (bicyclic) bond motifs is 1. The maximum atomic E-state index is 5.45. The van der Waals surface area contributed by atoms with E-state index in [1.165, 1.54) is 11.1 Å². The smallest absolute Gasteiger partial charge is 0.0825 e. The maximum Gasteiger partial charge on any atom is 0.0825 e. The Morgan fingerprint density at radius 1 is 0.929 bits per heavy atom. The van der Waals surface area contributed by atoms with Gasteiger partial charge in [-0.05, 0) is 24.0 Å². The molecule has 0 aromatic heterocycles. The lowest BCUT2D eigenvalue weighted by Gasteiger charge is -2.29. The fourth-order valence-electron chi connectivity index (χ4n) is 2.20. The summed E-state index contributed by atoms with van der Waals surface area (Å²) in [5.41, 5.74) is 2.57. The monoisotopic (exact) mass is 192 g/mol. The Morgan fingerprint density at radius 3 is 1.71 bits per heavy atom. The predicted octanol–water partition coefficient (Wildman–Crippen LogP) is 2.86. The van der Waals surface area contributed by atoms with Gasteiger partial charge in [0, 0.05) is 14.2 Å². The van der Waals surface area contributed by atoms with Crippen LogP contribution in [0.5, 0.6) is 0 Å². The van der Waals surface area contributed by atoms with Gasteiger partial charge in [0.25, 0.3) is 0 Å². The molecule has 2 nitrogen and oxygen atoms in total. The van der Waals surface area contributed by atoms with Crippen LogP contribution < -0.4 is 0 Å². The van der Waals surface area contributed by atoms with Gasteiger partial charge in [0.1, 0.15) is 0 Å². The summed E-state index contributed by atoms with van der Waals surface area (Å²) in [5, 5.41) is 0. The van der Waals surface area contributed by atoms with Gasteiger partial charge in [-0.1, -0.05) is 24.3 Å². The van der Waals surface area contributed by atoms with Gasteiger partial charge in [0.05, 0.1) is 12.2 Å². The fraction of sp³-hybridized carbons (Fsp3) is 0.500. The van der Waals surface area contributed by atoms with Crippen LogP contribution in [0.1, 0.15) is 36.2 Å². The third kappa shape index (κ3) is 1.56. The zero-order valence-corrected chi connectivity index (χ0v) is 8.69. The van der Waals surface area contributed by atoms with E-state index in [1.807, 2.05) is 0 Å². The number of methoxy groups -OCH3 is 2. The van der Waals surface area contributed by atoms with Crippen LogP contribution in [0, 0.1) is 0 Å². The van der Waals surface area contributed by atoms with E-state index < -0.39 is 0 Å². The molecule has 0 N–H and O–H groups in total. The average molecular weight is 192 g/mol. The van der Waals surface area contributed by atoms with Crippen molar-refractivity contribution in [2.75, 3.05) is 14.2 Å². The molecular formula is C12H16O2. The molecule has 0 bridgehead atoms. The van der Waals surface area contributed by atoms with Crippen molar-refractivity contribution < 1.29 is 9.47 Å². The first kappa shape index (κ1) is 9.69. The van der Waals surface area contributed by atoms with Crippen molar-refractivity contribution in [3.05, 3.63) is 35.4 Å². The van der Waals surface area contributed by atoms with Gasteiger partial charge >= 0.3 is 0 Å². The van der Waals surface area contributed by atoms with Crippen molar-refractivity contribution in [2.24, 2.45) is 0 Å². The second-order valence-corrected chi connectivity index (χ2v) is 3.65. The minimum absolute atomic E-state index is 0.248. The molecule has 0 spiro atoms. The van der Waals surface area contributed by atoms with Crippen LogP contribution in [-0.4, -0.2) is 14.2 Å². The first-order chi connectivity index (χ1) is 6.86. The van der Waals surface area contributed by atoms with E-state index in [1.54, 1.807) is 14.2 Å². The molecule has 0 aliphatic heterocycles. The number of benzene rings is 1. The summed E-state index contributed by atoms with van der Waals surface area (Å²) in [5.74, 6) is 0. The van der Waals surface area contributed by atoms with Gasteiger partial charge in [0.15, 0.2) is 0 Å². The molecule has 1 aromatic carbocycles. The molecule has 2 unspecified atom stereocenters. The lowest BCUT2D eigenvalue weighted by molar-refractivity contribution is 0.0333. The van der Waals surface area contributed by atoms with Crippen LogP contribution >= 0.6 is 0 Å². The van der Waals surface area contributed by atoms with E-state index in [9.17, 15) is 0 Å². The summed E-state index contributed by atoms with van der Waals surface area (Å²) in [6, 6.07) is 8.38. The number of ether oxygens (including phenoxy) is 2. The van der Waals surface area contributed by atoms with Crippen LogP contribution in [0.15, 0.2) is 24.3 Å². The second kappa shape index (κ2) is 4.11. The molecule has 14 heavy (non-hydrogen) atoms. The molecule has 0 saturated heterocycles. The first-order valence-corrected chi connectivity index (χ1v) is 5.01.